The summed E-state index contributed by atoms with van der Waals surface area (Å²) in [6.07, 6.45) is 1.52. The highest BCUT2D eigenvalue weighted by Gasteiger charge is 2.30. The molecule has 1 aliphatic rings. The minimum Gasteiger partial charge on any atom is -0.451 e. The van der Waals surface area contributed by atoms with Gasteiger partial charge in [0.1, 0.15) is 12.3 Å². The van der Waals surface area contributed by atoms with Gasteiger partial charge in [-0.3, -0.25) is 4.84 Å². The van der Waals surface area contributed by atoms with Gasteiger partial charge in [0, 0.05) is 11.5 Å². The molecule has 1 aromatic carbocycles. The Morgan fingerprint density at radius 3 is 2.48 bits per heavy atom. The molecule has 8 heteroatoms. The number of carbonyl (C=O) groups is 1. The van der Waals surface area contributed by atoms with Crippen LogP contribution in [0.15, 0.2) is 39.6 Å². The summed E-state index contributed by atoms with van der Waals surface area (Å²) in [5, 5.41) is 14.0. The summed E-state index contributed by atoms with van der Waals surface area (Å²) >= 11 is 0. The van der Waals surface area contributed by atoms with Gasteiger partial charge in [0.2, 0.25) is 0 Å². The number of anilines is 1. The lowest BCUT2D eigenvalue weighted by molar-refractivity contribution is 0.115. The predicted molar refractivity (Wildman–Crippen MR) is 105 cm³/mol. The van der Waals surface area contributed by atoms with E-state index in [0.29, 0.717) is 29.5 Å². The van der Waals surface area contributed by atoms with Crippen molar-refractivity contribution < 1.29 is 19.2 Å². The molecule has 0 unspecified atom stereocenters. The number of hydrogen-bond donors (Lipinski definition) is 0. The van der Waals surface area contributed by atoms with Gasteiger partial charge < -0.3 is 9.57 Å². The Hall–Kier alpha value is -2.74. The zero-order chi connectivity index (χ0) is 19.8. The second-order valence-corrected chi connectivity index (χ2v) is 6.00. The molecule has 1 fully saturated rings. The van der Waals surface area contributed by atoms with E-state index in [2.05, 4.69) is 15.4 Å². The van der Waals surface area contributed by atoms with E-state index in [4.69, 9.17) is 14.4 Å². The molecule has 2 rings (SSSR count). The van der Waals surface area contributed by atoms with Gasteiger partial charge in [-0.05, 0) is 39.7 Å². The molecule has 0 atom stereocenters. The monoisotopic (exact) mass is 374 g/mol. The number of nitrogens with zero attached hydrogens (tertiary/aromatic N) is 4. The summed E-state index contributed by atoms with van der Waals surface area (Å²) in [7, 11) is 2.70. The van der Waals surface area contributed by atoms with Gasteiger partial charge in [-0.15, -0.1) is 0 Å². The van der Waals surface area contributed by atoms with Crippen molar-refractivity contribution in [2.45, 2.75) is 33.6 Å². The van der Waals surface area contributed by atoms with Gasteiger partial charge in [0.25, 0.3) is 0 Å². The van der Waals surface area contributed by atoms with Crippen LogP contribution >= 0.6 is 0 Å². The fraction of sp³-hybridized carbons (Fsp3) is 0.474. The largest absolute Gasteiger partial charge is 0.451 e. The number of rotatable bonds is 8. The van der Waals surface area contributed by atoms with Crippen molar-refractivity contribution in [1.82, 2.24) is 0 Å². The lowest BCUT2D eigenvalue weighted by Gasteiger charge is -2.20. The maximum Gasteiger partial charge on any atom is 0.438 e. The molecule has 0 aliphatic heterocycles. The van der Waals surface area contributed by atoms with Crippen LogP contribution in [0.3, 0.4) is 0 Å². The second kappa shape index (κ2) is 9.82. The lowest BCUT2D eigenvalue weighted by atomic mass is 10.1. The first-order valence-electron chi connectivity index (χ1n) is 8.84. The molecule has 1 amide bonds. The van der Waals surface area contributed by atoms with Gasteiger partial charge in [0.15, 0.2) is 0 Å². The standard InChI is InChI=1S/C19H26N4O4/c1-6-27-22-14(3)18(15-11-12-15)21-20-13(2)16-9-7-8-10-17(16)23(26-5)19(24)25-4/h7-10,15H,6,11-12H2,1-5H3/b20-13+,21-18-,22-14+. The zero-order valence-corrected chi connectivity index (χ0v) is 16.4. The van der Waals surface area contributed by atoms with Crippen LogP contribution in [0.2, 0.25) is 0 Å². The van der Waals surface area contributed by atoms with E-state index in [1.165, 1.54) is 14.2 Å². The zero-order valence-electron chi connectivity index (χ0n) is 16.4. The van der Waals surface area contributed by atoms with Crippen molar-refractivity contribution >= 4 is 28.9 Å². The highest BCUT2D eigenvalue weighted by atomic mass is 16.7. The number of oxime groups is 1. The van der Waals surface area contributed by atoms with Crippen LogP contribution in [-0.2, 0) is 14.4 Å². The molecule has 27 heavy (non-hydrogen) atoms. The third-order valence-corrected chi connectivity index (χ3v) is 4.01. The van der Waals surface area contributed by atoms with E-state index < -0.39 is 6.09 Å². The number of para-hydroxylation sites is 1. The Morgan fingerprint density at radius 2 is 1.89 bits per heavy atom. The molecule has 1 aliphatic carbocycles. The van der Waals surface area contributed by atoms with Crippen LogP contribution in [0.5, 0.6) is 0 Å². The van der Waals surface area contributed by atoms with Gasteiger partial charge >= 0.3 is 6.09 Å². The molecular formula is C19H26N4O4. The van der Waals surface area contributed by atoms with Crippen molar-refractivity contribution in [3.63, 3.8) is 0 Å². The Kier molecular flexibility index (Phi) is 7.48. The summed E-state index contributed by atoms with van der Waals surface area (Å²) in [5.74, 6) is 0.367. The maximum absolute atomic E-state index is 12.0. The molecule has 0 saturated heterocycles. The van der Waals surface area contributed by atoms with Crippen molar-refractivity contribution in [2.75, 3.05) is 25.9 Å². The molecule has 146 valence electrons. The quantitative estimate of drug-likeness (QED) is 0.511. The molecule has 1 saturated carbocycles. The van der Waals surface area contributed by atoms with E-state index in [0.717, 1.165) is 29.3 Å². The first kappa shape index (κ1) is 20.6. The molecule has 8 nitrogen and oxygen atoms in total. The minimum absolute atomic E-state index is 0.367. The normalized spacial score (nSPS) is 15.5. The van der Waals surface area contributed by atoms with E-state index >= 15 is 0 Å². The third-order valence-electron chi connectivity index (χ3n) is 4.01. The highest BCUT2D eigenvalue weighted by molar-refractivity contribution is 6.42. The average Bonchev–Trinajstić information content (AvgIpc) is 3.52. The Balaban J connectivity index is 2.36. The average molecular weight is 374 g/mol. The van der Waals surface area contributed by atoms with Gasteiger partial charge in [-0.25, -0.2) is 4.79 Å². The third kappa shape index (κ3) is 5.37. The van der Waals surface area contributed by atoms with Crippen molar-refractivity contribution in [2.24, 2.45) is 21.3 Å². The number of benzene rings is 1. The molecular weight excluding hydrogens is 348 g/mol. The fourth-order valence-corrected chi connectivity index (χ4v) is 2.51. The van der Waals surface area contributed by atoms with Crippen molar-refractivity contribution in [3.05, 3.63) is 29.8 Å². The topological polar surface area (TPSA) is 85.1 Å². The molecule has 0 bridgehead atoms. The van der Waals surface area contributed by atoms with E-state index in [9.17, 15) is 4.79 Å². The van der Waals surface area contributed by atoms with Crippen molar-refractivity contribution in [1.29, 1.82) is 0 Å². The molecule has 1 aromatic rings. The van der Waals surface area contributed by atoms with E-state index in [1.807, 2.05) is 32.9 Å². The Morgan fingerprint density at radius 1 is 1.19 bits per heavy atom. The number of hydroxylamine groups is 1. The number of ether oxygens (including phenoxy) is 1. The SMILES string of the molecule is CCO/N=C(C)/C(=N/N=C(\C)c1ccccc1N(OC)C(=O)OC)C1CC1. The van der Waals surface area contributed by atoms with Crippen LogP contribution in [0, 0.1) is 5.92 Å². The summed E-state index contributed by atoms with van der Waals surface area (Å²) in [6.45, 7) is 6.08. The maximum atomic E-state index is 12.0. The number of carbonyl (C=O) groups excluding carboxylic acids is 1. The summed E-state index contributed by atoms with van der Waals surface area (Å²) in [5.41, 5.74) is 3.44. The first-order valence-corrected chi connectivity index (χ1v) is 8.84. The highest BCUT2D eigenvalue weighted by Crippen LogP contribution is 2.31. The number of amides is 1. The summed E-state index contributed by atoms with van der Waals surface area (Å²) < 4.78 is 4.76. The molecule has 0 radical (unpaired) electrons. The van der Waals surface area contributed by atoms with Gasteiger partial charge in [-0.2, -0.15) is 15.3 Å². The molecule has 0 aromatic heterocycles. The molecule has 0 N–H and O–H groups in total. The van der Waals surface area contributed by atoms with Gasteiger partial charge in [-0.1, -0.05) is 23.4 Å². The number of hydrogen-bond acceptors (Lipinski definition) is 7. The predicted octanol–water partition coefficient (Wildman–Crippen LogP) is 3.81. The van der Waals surface area contributed by atoms with Crippen LogP contribution in [0.25, 0.3) is 0 Å². The molecule has 0 spiro atoms. The second-order valence-electron chi connectivity index (χ2n) is 6.00. The van der Waals surface area contributed by atoms with Crippen molar-refractivity contribution in [3.8, 4) is 0 Å². The van der Waals surface area contributed by atoms with Crippen LogP contribution in [0.1, 0.15) is 39.2 Å². The molecule has 0 heterocycles. The first-order chi connectivity index (χ1) is 13.0. The lowest BCUT2D eigenvalue weighted by Crippen LogP contribution is -2.30. The smallest absolute Gasteiger partial charge is 0.438 e. The van der Waals surface area contributed by atoms with E-state index in [1.54, 1.807) is 12.1 Å². The summed E-state index contributed by atoms with van der Waals surface area (Å²) in [4.78, 5) is 22.3. The van der Waals surface area contributed by atoms with Crippen LogP contribution < -0.4 is 5.06 Å². The van der Waals surface area contributed by atoms with Gasteiger partial charge in [0.05, 0.1) is 31.3 Å². The summed E-state index contributed by atoms with van der Waals surface area (Å²) in [6, 6.07) is 7.26. The Bertz CT molecular complexity index is 754. The van der Waals surface area contributed by atoms with Crippen LogP contribution in [0.4, 0.5) is 10.5 Å². The number of methoxy groups -OCH3 is 1. The minimum atomic E-state index is -0.625. The van der Waals surface area contributed by atoms with E-state index in [-0.39, 0.29) is 0 Å². The fourth-order valence-electron chi connectivity index (χ4n) is 2.51. The van der Waals surface area contributed by atoms with Crippen LogP contribution in [-0.4, -0.2) is 44.1 Å². The Labute approximate surface area is 159 Å².